The maximum absolute atomic E-state index is 12.3. The Morgan fingerprint density at radius 2 is 1.96 bits per heavy atom. The fraction of sp³-hybridized carbons (Fsp3) is 0.400. The molecular formula is C20H24N2O3. The molecule has 0 unspecified atom stereocenters. The second kappa shape index (κ2) is 7.66. The van der Waals surface area contributed by atoms with Gasteiger partial charge in [-0.1, -0.05) is 29.8 Å². The van der Waals surface area contributed by atoms with Gasteiger partial charge in [0.2, 0.25) is 0 Å². The molecule has 5 nitrogen and oxygen atoms in total. The van der Waals surface area contributed by atoms with Crippen molar-refractivity contribution in [2.24, 2.45) is 5.92 Å². The molecule has 1 aromatic carbocycles. The normalized spacial score (nSPS) is 20.2. The van der Waals surface area contributed by atoms with Crippen LogP contribution < -0.4 is 10.9 Å². The first kappa shape index (κ1) is 17.4. The van der Waals surface area contributed by atoms with E-state index in [1.165, 1.54) is 5.56 Å². The zero-order chi connectivity index (χ0) is 17.8. The van der Waals surface area contributed by atoms with Gasteiger partial charge in [0.05, 0.1) is 6.10 Å². The van der Waals surface area contributed by atoms with Gasteiger partial charge in [-0.15, -0.1) is 0 Å². The summed E-state index contributed by atoms with van der Waals surface area (Å²) in [6.07, 6.45) is 1.95. The smallest absolute Gasteiger partial charge is 0.260 e. The third-order valence-corrected chi connectivity index (χ3v) is 4.68. The molecule has 1 aliphatic rings. The molecule has 5 heteroatoms. The molecule has 2 atom stereocenters. The summed E-state index contributed by atoms with van der Waals surface area (Å²) in [5.41, 5.74) is 2.88. The van der Waals surface area contributed by atoms with Gasteiger partial charge < -0.3 is 15.0 Å². The summed E-state index contributed by atoms with van der Waals surface area (Å²) in [6.45, 7) is 5.07. The van der Waals surface area contributed by atoms with Crippen LogP contribution in [0.4, 0.5) is 0 Å². The predicted molar refractivity (Wildman–Crippen MR) is 96.7 cm³/mol. The van der Waals surface area contributed by atoms with Crippen molar-refractivity contribution < 1.29 is 9.53 Å². The first-order chi connectivity index (χ1) is 12.0. The molecule has 2 N–H and O–H groups in total. The fourth-order valence-electron chi connectivity index (χ4n) is 3.25. The van der Waals surface area contributed by atoms with Crippen LogP contribution in [0.3, 0.4) is 0 Å². The number of carbonyl (C=O) groups is 1. The third kappa shape index (κ3) is 4.17. The largest absolute Gasteiger partial charge is 0.373 e. The average Bonchev–Trinajstić information content (AvgIpc) is 2.61. The van der Waals surface area contributed by atoms with Crippen molar-refractivity contribution in [2.75, 3.05) is 13.2 Å². The van der Waals surface area contributed by atoms with Gasteiger partial charge in [0.25, 0.3) is 11.5 Å². The van der Waals surface area contributed by atoms with Crippen LogP contribution >= 0.6 is 0 Å². The predicted octanol–water partition coefficient (Wildman–Crippen LogP) is 2.89. The van der Waals surface area contributed by atoms with Crippen molar-refractivity contribution in [1.82, 2.24) is 10.3 Å². The number of aryl methyl sites for hydroxylation is 2. The number of nitrogens with one attached hydrogen (secondary N) is 2. The average molecular weight is 340 g/mol. The maximum Gasteiger partial charge on any atom is 0.260 e. The van der Waals surface area contributed by atoms with Crippen molar-refractivity contribution in [3.05, 3.63) is 69.1 Å². The summed E-state index contributed by atoms with van der Waals surface area (Å²) in [5, 5.41) is 2.90. The monoisotopic (exact) mass is 340 g/mol. The Morgan fingerprint density at radius 3 is 2.68 bits per heavy atom. The molecule has 25 heavy (non-hydrogen) atoms. The summed E-state index contributed by atoms with van der Waals surface area (Å²) in [6, 6.07) is 11.6. The molecule has 2 heterocycles. The van der Waals surface area contributed by atoms with E-state index < -0.39 is 0 Å². The van der Waals surface area contributed by atoms with Crippen molar-refractivity contribution in [1.29, 1.82) is 0 Å². The number of hydrogen-bond acceptors (Lipinski definition) is 3. The molecule has 1 amide bonds. The van der Waals surface area contributed by atoms with Crippen LogP contribution in [-0.4, -0.2) is 24.0 Å². The minimum atomic E-state index is -0.354. The number of benzene rings is 1. The zero-order valence-corrected chi connectivity index (χ0v) is 14.7. The van der Waals surface area contributed by atoms with Crippen LogP contribution in [0.2, 0.25) is 0 Å². The Balaban J connectivity index is 1.68. The number of pyridine rings is 1. The molecule has 0 radical (unpaired) electrons. The van der Waals surface area contributed by atoms with Crippen molar-refractivity contribution >= 4 is 5.91 Å². The third-order valence-electron chi connectivity index (χ3n) is 4.68. The van der Waals surface area contributed by atoms with Crippen LogP contribution in [0.5, 0.6) is 0 Å². The van der Waals surface area contributed by atoms with Gasteiger partial charge in [-0.25, -0.2) is 0 Å². The second-order valence-corrected chi connectivity index (χ2v) is 6.70. The highest BCUT2D eigenvalue weighted by molar-refractivity contribution is 5.93. The van der Waals surface area contributed by atoms with E-state index in [1.807, 2.05) is 0 Å². The molecule has 2 aromatic rings. The Kier molecular flexibility index (Phi) is 5.34. The Hall–Kier alpha value is -2.40. The highest BCUT2D eigenvalue weighted by Gasteiger charge is 2.28. The summed E-state index contributed by atoms with van der Waals surface area (Å²) in [7, 11) is 0. The van der Waals surface area contributed by atoms with E-state index in [9.17, 15) is 9.59 Å². The topological polar surface area (TPSA) is 71.2 Å². The van der Waals surface area contributed by atoms with Gasteiger partial charge in [-0.05, 0) is 44.4 Å². The van der Waals surface area contributed by atoms with Gasteiger partial charge in [0, 0.05) is 24.8 Å². The van der Waals surface area contributed by atoms with E-state index in [1.54, 1.807) is 19.1 Å². The SMILES string of the molecule is Cc1ccc([C@@H]2OCCC[C@@H]2CNC(=O)c2ccc(C)[nH]c2=O)cc1. The van der Waals surface area contributed by atoms with Crippen LogP contribution in [0.1, 0.15) is 46.1 Å². The van der Waals surface area contributed by atoms with Gasteiger partial charge in [0.15, 0.2) is 0 Å². The minimum absolute atomic E-state index is 0.0223. The molecule has 3 rings (SSSR count). The summed E-state index contributed by atoms with van der Waals surface area (Å²) in [5.74, 6) is -0.139. The van der Waals surface area contributed by atoms with E-state index in [0.29, 0.717) is 6.54 Å². The Morgan fingerprint density at radius 1 is 1.20 bits per heavy atom. The van der Waals surface area contributed by atoms with Crippen LogP contribution in [0, 0.1) is 19.8 Å². The minimum Gasteiger partial charge on any atom is -0.373 e. The van der Waals surface area contributed by atoms with E-state index in [2.05, 4.69) is 41.5 Å². The first-order valence-corrected chi connectivity index (χ1v) is 8.71. The molecule has 1 aromatic heterocycles. The lowest BCUT2D eigenvalue weighted by Gasteiger charge is -2.32. The quantitative estimate of drug-likeness (QED) is 0.899. The number of carbonyl (C=O) groups excluding carboxylic acids is 1. The van der Waals surface area contributed by atoms with Crippen molar-refractivity contribution in [3.63, 3.8) is 0 Å². The molecule has 1 aliphatic heterocycles. The lowest BCUT2D eigenvalue weighted by atomic mass is 9.89. The Labute approximate surface area is 147 Å². The van der Waals surface area contributed by atoms with Crippen LogP contribution in [0.15, 0.2) is 41.2 Å². The number of aromatic amines is 1. The number of aromatic nitrogens is 1. The number of rotatable bonds is 4. The summed E-state index contributed by atoms with van der Waals surface area (Å²) < 4.78 is 5.97. The fourth-order valence-corrected chi connectivity index (χ4v) is 3.25. The van der Waals surface area contributed by atoms with Gasteiger partial charge in [-0.2, -0.15) is 0 Å². The van der Waals surface area contributed by atoms with Gasteiger partial charge in [-0.3, -0.25) is 9.59 Å². The van der Waals surface area contributed by atoms with Gasteiger partial charge >= 0.3 is 0 Å². The molecule has 0 spiro atoms. The molecule has 1 fully saturated rings. The van der Waals surface area contributed by atoms with Gasteiger partial charge in [0.1, 0.15) is 5.56 Å². The molecule has 0 bridgehead atoms. The summed E-state index contributed by atoms with van der Waals surface area (Å²) >= 11 is 0. The van der Waals surface area contributed by atoms with E-state index >= 15 is 0 Å². The van der Waals surface area contributed by atoms with Crippen LogP contribution in [-0.2, 0) is 4.74 Å². The highest BCUT2D eigenvalue weighted by Crippen LogP contribution is 2.33. The molecule has 0 saturated carbocycles. The van der Waals surface area contributed by atoms with E-state index in [0.717, 1.165) is 30.7 Å². The number of amides is 1. The van der Waals surface area contributed by atoms with Crippen LogP contribution in [0.25, 0.3) is 0 Å². The molecular weight excluding hydrogens is 316 g/mol. The standard InChI is InChI=1S/C20H24N2O3/c1-13-5-8-15(9-6-13)18-16(4-3-11-25-18)12-21-19(23)17-10-7-14(2)22-20(17)24/h5-10,16,18H,3-4,11-12H2,1-2H3,(H,21,23)(H,22,24)/t16-,18+/m1/s1. The van der Waals surface area contributed by atoms with E-state index in [4.69, 9.17) is 4.74 Å². The Bertz CT molecular complexity index is 795. The first-order valence-electron chi connectivity index (χ1n) is 8.71. The van der Waals surface area contributed by atoms with Crippen molar-refractivity contribution in [3.8, 4) is 0 Å². The number of hydrogen-bond donors (Lipinski definition) is 2. The summed E-state index contributed by atoms with van der Waals surface area (Å²) in [4.78, 5) is 26.9. The highest BCUT2D eigenvalue weighted by atomic mass is 16.5. The zero-order valence-electron chi connectivity index (χ0n) is 14.7. The molecule has 1 saturated heterocycles. The van der Waals surface area contributed by atoms with Crippen molar-refractivity contribution in [2.45, 2.75) is 32.8 Å². The number of ether oxygens (including phenoxy) is 1. The lowest BCUT2D eigenvalue weighted by molar-refractivity contribution is -0.0272. The molecule has 132 valence electrons. The second-order valence-electron chi connectivity index (χ2n) is 6.70. The maximum atomic E-state index is 12.3. The van der Waals surface area contributed by atoms with E-state index in [-0.39, 0.29) is 29.1 Å². The molecule has 0 aliphatic carbocycles. The number of H-pyrrole nitrogens is 1. The lowest BCUT2D eigenvalue weighted by Crippen LogP contribution is -2.37.